The molecule has 0 radical (unpaired) electrons. The largest absolute Gasteiger partial charge is 0.381 e. The maximum Gasteiger partial charge on any atom is 0.173 e. The number of nitrogens with two attached hydrogens (primary N) is 1. The van der Waals surface area contributed by atoms with Gasteiger partial charge in [-0.1, -0.05) is 5.16 Å². The van der Waals surface area contributed by atoms with Crippen molar-refractivity contribution in [3.8, 4) is 11.3 Å². The molecule has 0 fully saturated rings. The molecule has 0 amide bonds. The van der Waals surface area contributed by atoms with E-state index in [2.05, 4.69) is 5.16 Å². The summed E-state index contributed by atoms with van der Waals surface area (Å²) in [7, 11) is 0. The maximum atomic E-state index is 13.6. The van der Waals surface area contributed by atoms with Crippen LogP contribution >= 0.6 is 11.8 Å². The smallest absolute Gasteiger partial charge is 0.173 e. The van der Waals surface area contributed by atoms with Crippen LogP contribution in [0.5, 0.6) is 0 Å². The van der Waals surface area contributed by atoms with Crippen molar-refractivity contribution in [1.29, 1.82) is 0 Å². The van der Waals surface area contributed by atoms with E-state index in [0.717, 1.165) is 11.8 Å². The van der Waals surface area contributed by atoms with Crippen LogP contribution in [0.2, 0.25) is 0 Å². The van der Waals surface area contributed by atoms with E-state index in [1.165, 1.54) is 18.2 Å². The number of hydrogen-bond donors (Lipinski definition) is 1. The summed E-state index contributed by atoms with van der Waals surface area (Å²) in [5.41, 5.74) is 5.35. The molecule has 2 rings (SSSR count). The first-order valence-electron chi connectivity index (χ1n) is 4.38. The predicted molar refractivity (Wildman–Crippen MR) is 58.0 cm³/mol. The molecule has 0 spiro atoms. The maximum absolute atomic E-state index is 13.6. The second-order valence-corrected chi connectivity index (χ2v) is 3.91. The molecule has 1 aromatic heterocycles. The minimum Gasteiger partial charge on any atom is -0.381 e. The molecule has 0 saturated carbocycles. The van der Waals surface area contributed by atoms with Crippen LogP contribution in [0.15, 0.2) is 27.6 Å². The van der Waals surface area contributed by atoms with Crippen molar-refractivity contribution in [2.75, 3.05) is 12.0 Å². The first kappa shape index (κ1) is 10.9. The minimum absolute atomic E-state index is 0.0134. The van der Waals surface area contributed by atoms with E-state index in [0.29, 0.717) is 0 Å². The number of halogens is 2. The normalized spacial score (nSPS) is 10.7. The van der Waals surface area contributed by atoms with Crippen LogP contribution in [0.3, 0.4) is 0 Å². The molecule has 0 bridgehead atoms. The summed E-state index contributed by atoms with van der Waals surface area (Å²) < 4.78 is 31.9. The van der Waals surface area contributed by atoms with Crippen LogP contribution < -0.4 is 5.73 Å². The lowest BCUT2D eigenvalue weighted by Crippen LogP contribution is -1.91. The van der Waals surface area contributed by atoms with Gasteiger partial charge in [0.15, 0.2) is 23.2 Å². The van der Waals surface area contributed by atoms with Crippen molar-refractivity contribution in [3.05, 3.63) is 29.8 Å². The zero-order valence-corrected chi connectivity index (χ0v) is 9.15. The van der Waals surface area contributed by atoms with E-state index < -0.39 is 11.6 Å². The molecule has 16 heavy (non-hydrogen) atoms. The average Bonchev–Trinajstić information content (AvgIpc) is 2.69. The first-order chi connectivity index (χ1) is 7.63. The Morgan fingerprint density at radius 1 is 1.31 bits per heavy atom. The van der Waals surface area contributed by atoms with Gasteiger partial charge in [-0.05, 0) is 18.4 Å². The van der Waals surface area contributed by atoms with Gasteiger partial charge in [0.1, 0.15) is 0 Å². The van der Waals surface area contributed by atoms with Gasteiger partial charge in [0.05, 0.1) is 5.56 Å². The summed E-state index contributed by atoms with van der Waals surface area (Å²) in [4.78, 5) is 0.244. The molecule has 0 aliphatic rings. The molecule has 0 unspecified atom stereocenters. The Morgan fingerprint density at radius 3 is 2.62 bits per heavy atom. The Morgan fingerprint density at radius 2 is 2.06 bits per heavy atom. The summed E-state index contributed by atoms with van der Waals surface area (Å²) in [6.07, 6.45) is 1.67. The quantitative estimate of drug-likeness (QED) is 0.822. The lowest BCUT2D eigenvalue weighted by Gasteiger charge is -2.03. The number of anilines is 1. The third-order valence-electron chi connectivity index (χ3n) is 2.06. The standard InChI is InChI=1S/C10H8F2N2OS/c1-16-7-3-2-5(9(11)10(7)12)6-4-8(13)14-15-6/h2-4H,1H3,(H2,13,14). The van der Waals surface area contributed by atoms with Gasteiger partial charge in [-0.25, -0.2) is 8.78 Å². The third kappa shape index (κ3) is 1.76. The number of aromatic nitrogens is 1. The second kappa shape index (κ2) is 4.13. The molecule has 0 saturated heterocycles. The lowest BCUT2D eigenvalue weighted by atomic mass is 10.1. The van der Waals surface area contributed by atoms with Gasteiger partial charge >= 0.3 is 0 Å². The van der Waals surface area contributed by atoms with Crippen LogP contribution in [0, 0.1) is 11.6 Å². The summed E-state index contributed by atoms with van der Waals surface area (Å²) in [5, 5.41) is 3.41. The molecule has 0 atom stereocenters. The third-order valence-corrected chi connectivity index (χ3v) is 2.82. The van der Waals surface area contributed by atoms with Crippen LogP contribution in [0.1, 0.15) is 0 Å². The highest BCUT2D eigenvalue weighted by Gasteiger charge is 2.17. The molecule has 2 aromatic rings. The molecule has 0 aliphatic heterocycles. The average molecular weight is 242 g/mol. The van der Waals surface area contributed by atoms with E-state index >= 15 is 0 Å². The van der Waals surface area contributed by atoms with Crippen LogP contribution in [0.4, 0.5) is 14.6 Å². The molecular formula is C10H8F2N2OS. The Hall–Kier alpha value is -1.56. The first-order valence-corrected chi connectivity index (χ1v) is 5.60. The van der Waals surface area contributed by atoms with Gasteiger partial charge in [0.2, 0.25) is 0 Å². The number of benzene rings is 1. The minimum atomic E-state index is -0.956. The van der Waals surface area contributed by atoms with Crippen molar-refractivity contribution < 1.29 is 13.3 Å². The van der Waals surface area contributed by atoms with Gasteiger partial charge in [-0.15, -0.1) is 11.8 Å². The highest BCUT2D eigenvalue weighted by molar-refractivity contribution is 7.98. The molecular weight excluding hydrogens is 234 g/mol. The van der Waals surface area contributed by atoms with Crippen molar-refractivity contribution in [2.45, 2.75) is 4.90 Å². The summed E-state index contributed by atoms with van der Waals surface area (Å²) in [5.74, 6) is -1.60. The topological polar surface area (TPSA) is 52.0 Å². The Balaban J connectivity index is 2.55. The van der Waals surface area contributed by atoms with E-state index in [1.807, 2.05) is 0 Å². The summed E-state index contributed by atoms with van der Waals surface area (Å²) >= 11 is 1.13. The van der Waals surface area contributed by atoms with Crippen LogP contribution in [0.25, 0.3) is 11.3 Å². The number of thioether (sulfide) groups is 1. The highest BCUT2D eigenvalue weighted by Crippen LogP contribution is 2.30. The van der Waals surface area contributed by atoms with Crippen LogP contribution in [-0.4, -0.2) is 11.4 Å². The molecule has 2 N–H and O–H groups in total. The zero-order chi connectivity index (χ0) is 11.7. The fraction of sp³-hybridized carbons (Fsp3) is 0.100. The molecule has 1 heterocycles. The van der Waals surface area contributed by atoms with Crippen molar-refractivity contribution in [3.63, 3.8) is 0 Å². The molecule has 3 nitrogen and oxygen atoms in total. The van der Waals surface area contributed by atoms with Gasteiger partial charge in [-0.3, -0.25) is 0 Å². The Kier molecular flexibility index (Phi) is 2.82. The van der Waals surface area contributed by atoms with Gasteiger partial charge in [0.25, 0.3) is 0 Å². The van der Waals surface area contributed by atoms with Crippen molar-refractivity contribution >= 4 is 17.6 Å². The summed E-state index contributed by atoms with van der Waals surface area (Å²) in [6, 6.07) is 4.26. The Labute approximate surface area is 94.6 Å². The number of nitrogens with zero attached hydrogens (tertiary/aromatic N) is 1. The van der Waals surface area contributed by atoms with E-state index in [9.17, 15) is 8.78 Å². The highest BCUT2D eigenvalue weighted by atomic mass is 32.2. The fourth-order valence-corrected chi connectivity index (χ4v) is 1.77. The number of rotatable bonds is 2. The summed E-state index contributed by atoms with van der Waals surface area (Å²) in [6.45, 7) is 0. The molecule has 6 heteroatoms. The van der Waals surface area contributed by atoms with E-state index in [-0.39, 0.29) is 22.0 Å². The van der Waals surface area contributed by atoms with Crippen molar-refractivity contribution in [2.24, 2.45) is 0 Å². The lowest BCUT2D eigenvalue weighted by molar-refractivity contribution is 0.429. The van der Waals surface area contributed by atoms with Crippen molar-refractivity contribution in [1.82, 2.24) is 5.16 Å². The van der Waals surface area contributed by atoms with Gasteiger partial charge < -0.3 is 10.3 Å². The predicted octanol–water partition coefficient (Wildman–Crippen LogP) is 2.92. The number of nitrogen functional groups attached to an aromatic ring is 1. The molecule has 1 aromatic carbocycles. The molecule has 0 aliphatic carbocycles. The van der Waals surface area contributed by atoms with Crippen LogP contribution in [-0.2, 0) is 0 Å². The van der Waals surface area contributed by atoms with Gasteiger partial charge in [-0.2, -0.15) is 0 Å². The SMILES string of the molecule is CSc1ccc(-c2cc(N)no2)c(F)c1F. The Bertz CT molecular complexity index is 528. The van der Waals surface area contributed by atoms with E-state index in [1.54, 1.807) is 6.26 Å². The zero-order valence-electron chi connectivity index (χ0n) is 8.33. The second-order valence-electron chi connectivity index (χ2n) is 3.06. The van der Waals surface area contributed by atoms with E-state index in [4.69, 9.17) is 10.3 Å². The molecule has 84 valence electrons. The van der Waals surface area contributed by atoms with Gasteiger partial charge in [0, 0.05) is 11.0 Å². The monoisotopic (exact) mass is 242 g/mol. The number of hydrogen-bond acceptors (Lipinski definition) is 4. The fourth-order valence-electron chi connectivity index (χ4n) is 1.30.